The van der Waals surface area contributed by atoms with Crippen molar-refractivity contribution in [2.75, 3.05) is 6.61 Å². The van der Waals surface area contributed by atoms with Crippen LogP contribution in [0.3, 0.4) is 0 Å². The van der Waals surface area contributed by atoms with E-state index in [0.29, 0.717) is 23.9 Å². The van der Waals surface area contributed by atoms with Crippen molar-refractivity contribution in [3.63, 3.8) is 0 Å². The molecule has 0 saturated carbocycles. The zero-order valence-corrected chi connectivity index (χ0v) is 12.2. The molecule has 0 spiro atoms. The van der Waals surface area contributed by atoms with Crippen molar-refractivity contribution in [2.45, 2.75) is 6.54 Å². The number of thiocarbonyl (C=S) groups is 1. The number of benzene rings is 2. The lowest BCUT2D eigenvalue weighted by Gasteiger charge is -2.10. The van der Waals surface area contributed by atoms with Crippen molar-refractivity contribution in [3.8, 4) is 5.75 Å². The Morgan fingerprint density at radius 3 is 2.76 bits per heavy atom. The zero-order valence-electron chi connectivity index (χ0n) is 11.4. The fourth-order valence-corrected chi connectivity index (χ4v) is 2.41. The molecule has 0 aliphatic carbocycles. The van der Waals surface area contributed by atoms with Crippen LogP contribution in [0.2, 0.25) is 0 Å². The quantitative estimate of drug-likeness (QED) is 0.736. The summed E-state index contributed by atoms with van der Waals surface area (Å²) in [4.78, 5) is 0.343. The molecule has 0 atom stereocenters. The Morgan fingerprint density at radius 2 is 1.90 bits per heavy atom. The van der Waals surface area contributed by atoms with Gasteiger partial charge in [0.25, 0.3) is 0 Å². The lowest BCUT2D eigenvalue weighted by Crippen LogP contribution is -2.14. The molecule has 2 N–H and O–H groups in total. The summed E-state index contributed by atoms with van der Waals surface area (Å²) in [7, 11) is 0. The molecule has 0 unspecified atom stereocenters. The van der Waals surface area contributed by atoms with Crippen molar-refractivity contribution in [3.05, 3.63) is 60.3 Å². The SMILES string of the molecule is NC(=S)c1ccccc1OCCn1ncc2ccccc21. The number of nitrogens with two attached hydrogens (primary N) is 1. The summed E-state index contributed by atoms with van der Waals surface area (Å²) >= 11 is 5.02. The second-order valence-corrected chi connectivity index (χ2v) is 5.08. The maximum atomic E-state index is 5.79. The highest BCUT2D eigenvalue weighted by Gasteiger charge is 2.06. The second-order valence-electron chi connectivity index (χ2n) is 4.64. The standard InChI is InChI=1S/C16H15N3OS/c17-16(21)13-6-2-4-8-15(13)20-10-9-19-14-7-3-1-5-12(14)11-18-19/h1-8,11H,9-10H2,(H2,17,21). The first-order valence-electron chi connectivity index (χ1n) is 6.68. The van der Waals surface area contributed by atoms with E-state index in [2.05, 4.69) is 5.10 Å². The molecule has 4 nitrogen and oxygen atoms in total. The van der Waals surface area contributed by atoms with Gasteiger partial charge in [-0.05, 0) is 18.2 Å². The summed E-state index contributed by atoms with van der Waals surface area (Å²) < 4.78 is 7.72. The van der Waals surface area contributed by atoms with E-state index in [-0.39, 0.29) is 0 Å². The topological polar surface area (TPSA) is 53.1 Å². The molecule has 0 saturated heterocycles. The number of hydrogen-bond donors (Lipinski definition) is 1. The Morgan fingerprint density at radius 1 is 1.14 bits per heavy atom. The van der Waals surface area contributed by atoms with Gasteiger partial charge in [0.05, 0.1) is 23.8 Å². The lowest BCUT2D eigenvalue weighted by atomic mass is 10.2. The van der Waals surface area contributed by atoms with Gasteiger partial charge in [-0.3, -0.25) is 4.68 Å². The molecule has 21 heavy (non-hydrogen) atoms. The highest BCUT2D eigenvalue weighted by Crippen LogP contribution is 2.18. The molecule has 5 heteroatoms. The number of para-hydroxylation sites is 2. The maximum absolute atomic E-state index is 5.79. The van der Waals surface area contributed by atoms with Crippen molar-refractivity contribution in [2.24, 2.45) is 5.73 Å². The van der Waals surface area contributed by atoms with Gasteiger partial charge in [-0.15, -0.1) is 0 Å². The Labute approximate surface area is 128 Å². The summed E-state index contributed by atoms with van der Waals surface area (Å²) in [6.07, 6.45) is 1.86. The summed E-state index contributed by atoms with van der Waals surface area (Å²) in [5.74, 6) is 0.710. The predicted octanol–water partition coefficient (Wildman–Crippen LogP) is 2.75. The molecule has 3 aromatic rings. The van der Waals surface area contributed by atoms with Crippen LogP contribution in [-0.4, -0.2) is 21.4 Å². The van der Waals surface area contributed by atoms with Crippen LogP contribution in [0, 0.1) is 0 Å². The molecule has 0 fully saturated rings. The molecule has 1 aromatic heterocycles. The first-order chi connectivity index (χ1) is 10.3. The van der Waals surface area contributed by atoms with Crippen molar-refractivity contribution < 1.29 is 4.74 Å². The average Bonchev–Trinajstić information content (AvgIpc) is 2.91. The minimum absolute atomic E-state index is 0.343. The Balaban J connectivity index is 1.71. The molecular formula is C16H15N3OS. The van der Waals surface area contributed by atoms with Crippen LogP contribution in [0.5, 0.6) is 5.75 Å². The third-order valence-corrected chi connectivity index (χ3v) is 3.48. The van der Waals surface area contributed by atoms with Crippen molar-refractivity contribution in [1.29, 1.82) is 0 Å². The minimum atomic E-state index is 0.343. The Kier molecular flexibility index (Phi) is 3.83. The van der Waals surface area contributed by atoms with E-state index in [1.165, 1.54) is 0 Å². The predicted molar refractivity (Wildman–Crippen MR) is 87.6 cm³/mol. The van der Waals surface area contributed by atoms with Crippen molar-refractivity contribution >= 4 is 28.1 Å². The van der Waals surface area contributed by atoms with Gasteiger partial charge in [0.15, 0.2) is 0 Å². The maximum Gasteiger partial charge on any atom is 0.129 e. The molecular weight excluding hydrogens is 282 g/mol. The molecule has 1 heterocycles. The van der Waals surface area contributed by atoms with E-state index in [1.54, 1.807) is 0 Å². The average molecular weight is 297 g/mol. The van der Waals surface area contributed by atoms with Crippen LogP contribution < -0.4 is 10.5 Å². The van der Waals surface area contributed by atoms with Crippen LogP contribution in [0.1, 0.15) is 5.56 Å². The highest BCUT2D eigenvalue weighted by molar-refractivity contribution is 7.80. The van der Waals surface area contributed by atoms with E-state index >= 15 is 0 Å². The lowest BCUT2D eigenvalue weighted by molar-refractivity contribution is 0.293. The molecule has 2 aromatic carbocycles. The first kappa shape index (κ1) is 13.6. The van der Waals surface area contributed by atoms with Gasteiger partial charge in [-0.2, -0.15) is 5.10 Å². The van der Waals surface area contributed by atoms with Crippen LogP contribution in [-0.2, 0) is 6.54 Å². The third kappa shape index (κ3) is 2.87. The number of aromatic nitrogens is 2. The van der Waals surface area contributed by atoms with E-state index in [9.17, 15) is 0 Å². The molecule has 0 amide bonds. The smallest absolute Gasteiger partial charge is 0.129 e. The summed E-state index contributed by atoms with van der Waals surface area (Å²) in [5.41, 5.74) is 7.55. The van der Waals surface area contributed by atoms with Crippen LogP contribution in [0.4, 0.5) is 0 Å². The van der Waals surface area contributed by atoms with E-state index in [4.69, 9.17) is 22.7 Å². The second kappa shape index (κ2) is 5.93. The largest absolute Gasteiger partial charge is 0.491 e. The van der Waals surface area contributed by atoms with Crippen molar-refractivity contribution in [1.82, 2.24) is 9.78 Å². The monoisotopic (exact) mass is 297 g/mol. The van der Waals surface area contributed by atoms with Crippen LogP contribution in [0.25, 0.3) is 10.9 Å². The van der Waals surface area contributed by atoms with Gasteiger partial charge in [0, 0.05) is 5.39 Å². The number of ether oxygens (including phenoxy) is 1. The number of fused-ring (bicyclic) bond motifs is 1. The fraction of sp³-hybridized carbons (Fsp3) is 0.125. The number of rotatable bonds is 5. The van der Waals surface area contributed by atoms with Gasteiger partial charge in [-0.1, -0.05) is 42.5 Å². The molecule has 0 radical (unpaired) electrons. The molecule has 0 aliphatic rings. The highest BCUT2D eigenvalue weighted by atomic mass is 32.1. The summed E-state index contributed by atoms with van der Waals surface area (Å²) in [5, 5.41) is 5.50. The van der Waals surface area contributed by atoms with Gasteiger partial charge < -0.3 is 10.5 Å². The summed E-state index contributed by atoms with van der Waals surface area (Å²) in [6.45, 7) is 1.17. The van der Waals surface area contributed by atoms with Gasteiger partial charge in [0.2, 0.25) is 0 Å². The normalized spacial score (nSPS) is 10.7. The Bertz CT molecular complexity index is 782. The molecule has 106 valence electrons. The number of nitrogens with zero attached hydrogens (tertiary/aromatic N) is 2. The van der Waals surface area contributed by atoms with Crippen LogP contribution >= 0.6 is 12.2 Å². The van der Waals surface area contributed by atoms with E-state index < -0.39 is 0 Å². The minimum Gasteiger partial charge on any atom is -0.491 e. The Hall–Kier alpha value is -2.40. The fourth-order valence-electron chi connectivity index (χ4n) is 2.24. The van der Waals surface area contributed by atoms with Gasteiger partial charge >= 0.3 is 0 Å². The molecule has 0 bridgehead atoms. The van der Waals surface area contributed by atoms with E-state index in [1.807, 2.05) is 59.4 Å². The van der Waals surface area contributed by atoms with E-state index in [0.717, 1.165) is 16.5 Å². The zero-order chi connectivity index (χ0) is 14.7. The molecule has 3 rings (SSSR count). The summed E-state index contributed by atoms with van der Waals surface area (Å²) in [6, 6.07) is 15.6. The first-order valence-corrected chi connectivity index (χ1v) is 7.09. The third-order valence-electron chi connectivity index (χ3n) is 3.26. The van der Waals surface area contributed by atoms with Gasteiger partial charge in [-0.25, -0.2) is 0 Å². The number of hydrogen-bond acceptors (Lipinski definition) is 3. The van der Waals surface area contributed by atoms with Gasteiger partial charge in [0.1, 0.15) is 17.3 Å². The molecule has 0 aliphatic heterocycles. The van der Waals surface area contributed by atoms with Crippen LogP contribution in [0.15, 0.2) is 54.7 Å².